The number of fused-ring (bicyclic) bond motifs is 1. The highest BCUT2D eigenvalue weighted by atomic mass is 35.5. The van der Waals surface area contributed by atoms with E-state index in [-0.39, 0.29) is 0 Å². The van der Waals surface area contributed by atoms with Crippen LogP contribution in [0.2, 0.25) is 5.02 Å². The Morgan fingerprint density at radius 3 is 1.80 bits per heavy atom. The van der Waals surface area contributed by atoms with Crippen molar-refractivity contribution in [2.24, 2.45) is 10.2 Å². The van der Waals surface area contributed by atoms with Gasteiger partial charge >= 0.3 is 0 Å². The zero-order chi connectivity index (χ0) is 35.0. The smallest absolute Gasteiger partial charge is 0.0659 e. The van der Waals surface area contributed by atoms with Crippen molar-refractivity contribution in [3.05, 3.63) is 186 Å². The Balaban J connectivity index is 1.22. The van der Waals surface area contributed by atoms with Gasteiger partial charge in [0.25, 0.3) is 0 Å². The van der Waals surface area contributed by atoms with Gasteiger partial charge in [0.15, 0.2) is 0 Å². The van der Waals surface area contributed by atoms with E-state index in [0.29, 0.717) is 5.02 Å². The molecule has 6 heteroatoms. The number of hydrazone groups is 2. The lowest BCUT2D eigenvalue weighted by Crippen LogP contribution is -2.15. The molecule has 0 atom stereocenters. The van der Waals surface area contributed by atoms with Crippen LogP contribution in [-0.2, 0) is 0 Å². The van der Waals surface area contributed by atoms with Crippen molar-refractivity contribution in [2.75, 3.05) is 28.5 Å². The summed E-state index contributed by atoms with van der Waals surface area (Å²) in [7, 11) is 2.06. The molecule has 0 spiro atoms. The summed E-state index contributed by atoms with van der Waals surface area (Å²) in [5.74, 6) is 0. The van der Waals surface area contributed by atoms with Gasteiger partial charge in [-0.3, -0.25) is 0 Å². The van der Waals surface area contributed by atoms with Crippen LogP contribution in [0.3, 0.4) is 0 Å². The van der Waals surface area contributed by atoms with E-state index in [1.165, 1.54) is 5.39 Å². The Bertz CT molecular complexity index is 2290. The van der Waals surface area contributed by atoms with Crippen LogP contribution in [-0.4, -0.2) is 26.0 Å². The van der Waals surface area contributed by atoms with Crippen molar-refractivity contribution in [3.8, 4) is 11.1 Å². The molecular formula is C45H38ClN5. The molecule has 0 aliphatic rings. The maximum absolute atomic E-state index is 6.75. The van der Waals surface area contributed by atoms with Crippen LogP contribution < -0.4 is 14.9 Å². The highest BCUT2D eigenvalue weighted by Gasteiger charge is 2.13. The molecule has 0 unspecified atom stereocenters. The summed E-state index contributed by atoms with van der Waals surface area (Å²) in [5.41, 5.74) is 8.95. The number of anilines is 5. The van der Waals surface area contributed by atoms with Crippen molar-refractivity contribution < 1.29 is 0 Å². The second-order valence-corrected chi connectivity index (χ2v) is 12.6. The van der Waals surface area contributed by atoms with Gasteiger partial charge in [-0.2, -0.15) is 10.2 Å². The molecule has 0 aliphatic carbocycles. The Labute approximate surface area is 305 Å². The summed E-state index contributed by atoms with van der Waals surface area (Å²) in [6.07, 6.45) is 3.72. The lowest BCUT2D eigenvalue weighted by molar-refractivity contribution is 0.968. The van der Waals surface area contributed by atoms with E-state index in [9.17, 15) is 0 Å². The summed E-state index contributed by atoms with van der Waals surface area (Å²) in [6, 6.07) is 58.1. The number of hydrogen-bond acceptors (Lipinski definition) is 5. The summed E-state index contributed by atoms with van der Waals surface area (Å²) in [4.78, 5) is 2.16. The fourth-order valence-corrected chi connectivity index (χ4v) is 6.10. The molecule has 0 saturated heterocycles. The van der Waals surface area contributed by atoms with Gasteiger partial charge < -0.3 is 4.90 Å². The average Bonchev–Trinajstić information content (AvgIpc) is 3.19. The molecule has 0 fully saturated rings. The molecule has 0 radical (unpaired) electrons. The van der Waals surface area contributed by atoms with Crippen molar-refractivity contribution in [2.45, 2.75) is 6.92 Å². The monoisotopic (exact) mass is 683 g/mol. The van der Waals surface area contributed by atoms with Crippen LogP contribution in [0, 0.1) is 0 Å². The third kappa shape index (κ3) is 7.85. The van der Waals surface area contributed by atoms with E-state index < -0.39 is 0 Å². The van der Waals surface area contributed by atoms with Crippen LogP contribution in [0.5, 0.6) is 0 Å². The lowest BCUT2D eigenvalue weighted by Gasteiger charge is -2.21. The summed E-state index contributed by atoms with van der Waals surface area (Å²) in [6.45, 7) is 3.01. The Morgan fingerprint density at radius 1 is 0.490 bits per heavy atom. The van der Waals surface area contributed by atoms with E-state index in [4.69, 9.17) is 21.8 Å². The van der Waals surface area contributed by atoms with Crippen LogP contribution >= 0.6 is 11.6 Å². The predicted molar refractivity (Wildman–Crippen MR) is 219 cm³/mol. The summed E-state index contributed by atoms with van der Waals surface area (Å²) in [5, 5.41) is 16.8. The number of rotatable bonds is 11. The van der Waals surface area contributed by atoms with Crippen molar-refractivity contribution in [1.29, 1.82) is 0 Å². The third-order valence-electron chi connectivity index (χ3n) is 8.85. The molecular weight excluding hydrogens is 646 g/mol. The minimum atomic E-state index is 0.655. The molecule has 5 nitrogen and oxygen atoms in total. The molecule has 0 bridgehead atoms. The maximum Gasteiger partial charge on any atom is 0.0659 e. The van der Waals surface area contributed by atoms with Gasteiger partial charge in [0.2, 0.25) is 0 Å². The van der Waals surface area contributed by atoms with E-state index >= 15 is 0 Å². The first-order valence-electron chi connectivity index (χ1n) is 17.0. The molecule has 250 valence electrons. The van der Waals surface area contributed by atoms with Crippen LogP contribution in [0.1, 0.15) is 18.1 Å². The minimum absolute atomic E-state index is 0.655. The van der Waals surface area contributed by atoms with Crippen LogP contribution in [0.15, 0.2) is 180 Å². The molecule has 0 aliphatic heterocycles. The second kappa shape index (κ2) is 15.6. The van der Waals surface area contributed by atoms with Crippen LogP contribution in [0.25, 0.3) is 21.9 Å². The van der Waals surface area contributed by atoms with E-state index in [0.717, 1.165) is 62.6 Å². The first-order chi connectivity index (χ1) is 25.1. The van der Waals surface area contributed by atoms with Crippen molar-refractivity contribution in [1.82, 2.24) is 0 Å². The standard InChI is InChI=1S/C45H38ClN5/c1-3-49(2)42-27-24-39(45(46)31-42)33-48-51(44-28-23-35-15-10-11-16-37(35)30-44)41-25-21-36(22-26-41)38-17-12-20-43(29-38)50(40-18-8-5-9-19-40)47-32-34-13-6-4-7-14-34/h4-33H,3H2,1-2H3. The predicted octanol–water partition coefficient (Wildman–Crippen LogP) is 12.0. The topological polar surface area (TPSA) is 34.4 Å². The van der Waals surface area contributed by atoms with Gasteiger partial charge in [0.05, 0.1) is 40.2 Å². The van der Waals surface area contributed by atoms with Gasteiger partial charge in [0, 0.05) is 24.8 Å². The number of halogens is 1. The highest BCUT2D eigenvalue weighted by molar-refractivity contribution is 6.33. The van der Waals surface area contributed by atoms with Gasteiger partial charge in [-0.1, -0.05) is 115 Å². The molecule has 51 heavy (non-hydrogen) atoms. The molecule has 7 aromatic rings. The van der Waals surface area contributed by atoms with Crippen molar-refractivity contribution >= 4 is 63.2 Å². The van der Waals surface area contributed by atoms with Crippen LogP contribution in [0.4, 0.5) is 28.4 Å². The Morgan fingerprint density at radius 2 is 1.08 bits per heavy atom. The average molecular weight is 684 g/mol. The minimum Gasteiger partial charge on any atom is -0.375 e. The Hall–Kier alpha value is -6.17. The number of para-hydroxylation sites is 1. The fourth-order valence-electron chi connectivity index (χ4n) is 5.88. The molecule has 7 rings (SSSR count). The normalized spacial score (nSPS) is 11.4. The lowest BCUT2D eigenvalue weighted by atomic mass is 10.0. The first-order valence-corrected chi connectivity index (χ1v) is 17.4. The quantitative estimate of drug-likeness (QED) is 0.100. The highest BCUT2D eigenvalue weighted by Crippen LogP contribution is 2.34. The zero-order valence-electron chi connectivity index (χ0n) is 28.6. The molecule has 0 N–H and O–H groups in total. The van der Waals surface area contributed by atoms with Gasteiger partial charge in [-0.15, -0.1) is 0 Å². The Kier molecular flexibility index (Phi) is 10.2. The molecule has 0 aromatic heterocycles. The first kappa shape index (κ1) is 33.3. The summed E-state index contributed by atoms with van der Waals surface area (Å²) < 4.78 is 0. The zero-order valence-corrected chi connectivity index (χ0v) is 29.4. The third-order valence-corrected chi connectivity index (χ3v) is 9.17. The molecule has 0 amide bonds. The van der Waals surface area contributed by atoms with Gasteiger partial charge in [0.1, 0.15) is 0 Å². The molecule has 0 saturated carbocycles. The second-order valence-electron chi connectivity index (χ2n) is 12.2. The molecule has 7 aromatic carbocycles. The largest absolute Gasteiger partial charge is 0.375 e. The maximum atomic E-state index is 6.75. The summed E-state index contributed by atoms with van der Waals surface area (Å²) >= 11 is 6.75. The van der Waals surface area contributed by atoms with E-state index in [1.807, 2.05) is 83.1 Å². The van der Waals surface area contributed by atoms with Gasteiger partial charge in [-0.05, 0) is 101 Å². The molecule has 0 heterocycles. The number of hydrogen-bond donors (Lipinski definition) is 0. The SMILES string of the molecule is CCN(C)c1ccc(C=NN(c2ccc(-c3cccc(N(N=Cc4ccccc4)c4ccccc4)c3)cc2)c2ccc3ccccc3c2)c(Cl)c1. The fraction of sp³-hybridized carbons (Fsp3) is 0.0667. The number of nitrogens with zero attached hydrogens (tertiary/aromatic N) is 5. The van der Waals surface area contributed by atoms with E-state index in [1.54, 1.807) is 0 Å². The van der Waals surface area contributed by atoms with Gasteiger partial charge in [-0.25, -0.2) is 10.0 Å². The number of benzene rings is 7. The van der Waals surface area contributed by atoms with Crippen molar-refractivity contribution in [3.63, 3.8) is 0 Å². The van der Waals surface area contributed by atoms with E-state index in [2.05, 4.69) is 128 Å².